The molecular weight excluding hydrogens is 326 g/mol. The Morgan fingerprint density at radius 3 is 2.27 bits per heavy atom. The van der Waals surface area contributed by atoms with Crippen molar-refractivity contribution < 1.29 is 14.3 Å². The number of esters is 1. The van der Waals surface area contributed by atoms with Gasteiger partial charge in [-0.1, -0.05) is 40.0 Å². The Morgan fingerprint density at radius 1 is 1.08 bits per heavy atom. The van der Waals surface area contributed by atoms with E-state index in [-0.39, 0.29) is 11.7 Å². The van der Waals surface area contributed by atoms with Gasteiger partial charge in [-0.3, -0.25) is 9.79 Å². The lowest BCUT2D eigenvalue weighted by molar-refractivity contribution is -0.136. The summed E-state index contributed by atoms with van der Waals surface area (Å²) in [5.74, 6) is 0.888. The molecule has 0 aromatic carbocycles. The van der Waals surface area contributed by atoms with Crippen molar-refractivity contribution >= 4 is 18.0 Å². The Bertz CT molecular complexity index is 492. The Balaban J connectivity index is 1.68. The molecule has 4 heteroatoms. The molecule has 0 amide bonds. The zero-order valence-corrected chi connectivity index (χ0v) is 16.8. The lowest BCUT2D eigenvalue weighted by atomic mass is 9.70. The van der Waals surface area contributed by atoms with Crippen LogP contribution in [-0.4, -0.2) is 30.6 Å². The second-order valence-corrected chi connectivity index (χ2v) is 9.24. The molecule has 0 N–H and O–H groups in total. The number of carbonyl (C=O) groups excluding carboxylic acids is 2. The van der Waals surface area contributed by atoms with Gasteiger partial charge in [-0.2, -0.15) is 0 Å². The molecule has 2 aliphatic carbocycles. The van der Waals surface area contributed by atoms with Gasteiger partial charge in [-0.15, -0.1) is 0 Å². The number of ether oxygens (including phenoxy) is 1. The van der Waals surface area contributed by atoms with E-state index in [1.165, 1.54) is 19.3 Å². The quantitative estimate of drug-likeness (QED) is 0.503. The Kier molecular flexibility index (Phi) is 7.85. The molecule has 1 radical (unpaired) electrons. The molecule has 2 aliphatic rings. The number of Topliss-reactive ketones (excluding diaryl/α,β-unsaturated/α-hetero) is 1. The maximum atomic E-state index is 12.3. The van der Waals surface area contributed by atoms with Crippen LogP contribution in [-0.2, 0) is 14.3 Å². The monoisotopic (exact) mass is 362 g/mol. The summed E-state index contributed by atoms with van der Waals surface area (Å²) in [6, 6.07) is -0.687. The van der Waals surface area contributed by atoms with E-state index < -0.39 is 12.0 Å². The van der Waals surface area contributed by atoms with Gasteiger partial charge in [-0.05, 0) is 62.7 Å². The number of hydrogen-bond acceptors (Lipinski definition) is 4. The number of ketones is 1. The highest BCUT2D eigenvalue weighted by atomic mass is 16.5. The van der Waals surface area contributed by atoms with Crippen molar-refractivity contribution in [3.05, 3.63) is 6.92 Å². The number of aliphatic imine (C=N–C) groups is 1. The van der Waals surface area contributed by atoms with Crippen LogP contribution >= 0.6 is 0 Å². The molecule has 0 spiro atoms. The van der Waals surface area contributed by atoms with E-state index in [1.54, 1.807) is 0 Å². The van der Waals surface area contributed by atoms with Crippen molar-refractivity contribution in [2.75, 3.05) is 6.61 Å². The molecule has 1 atom stereocenters. The first-order valence-electron chi connectivity index (χ1n) is 10.3. The number of rotatable bonds is 6. The van der Waals surface area contributed by atoms with E-state index in [4.69, 9.17) is 4.74 Å². The largest absolute Gasteiger partial charge is 0.461 e. The fraction of sp³-hybridized carbons (Fsp3) is 0.818. The summed E-state index contributed by atoms with van der Waals surface area (Å²) in [5, 5.41) is 0. The molecule has 0 bridgehead atoms. The summed E-state index contributed by atoms with van der Waals surface area (Å²) in [4.78, 5) is 28.2. The van der Waals surface area contributed by atoms with Crippen LogP contribution < -0.4 is 0 Å². The average molecular weight is 363 g/mol. The maximum absolute atomic E-state index is 12.3. The fourth-order valence-electron chi connectivity index (χ4n) is 4.32. The zero-order chi connectivity index (χ0) is 19.2. The third kappa shape index (κ3) is 6.51. The maximum Gasteiger partial charge on any atom is 0.348 e. The predicted molar refractivity (Wildman–Crippen MR) is 105 cm³/mol. The molecule has 26 heavy (non-hydrogen) atoms. The Hall–Kier alpha value is -1.19. The van der Waals surface area contributed by atoms with E-state index in [0.29, 0.717) is 17.9 Å². The molecule has 0 saturated heterocycles. The second-order valence-electron chi connectivity index (χ2n) is 9.24. The minimum Gasteiger partial charge on any atom is -0.461 e. The summed E-state index contributed by atoms with van der Waals surface area (Å²) < 4.78 is 5.35. The normalized spacial score (nSPS) is 26.6. The third-order valence-corrected chi connectivity index (χ3v) is 6.23. The van der Waals surface area contributed by atoms with Gasteiger partial charge in [-0.25, -0.2) is 4.79 Å². The van der Waals surface area contributed by atoms with Gasteiger partial charge in [0.2, 0.25) is 0 Å². The lowest BCUT2D eigenvalue weighted by Gasteiger charge is -2.36. The Morgan fingerprint density at radius 2 is 1.69 bits per heavy atom. The van der Waals surface area contributed by atoms with Gasteiger partial charge >= 0.3 is 5.97 Å². The minimum atomic E-state index is -0.687. The summed E-state index contributed by atoms with van der Waals surface area (Å²) in [6.45, 7) is 11.2. The first-order valence-corrected chi connectivity index (χ1v) is 10.3. The fourth-order valence-corrected chi connectivity index (χ4v) is 4.32. The predicted octanol–water partition coefficient (Wildman–Crippen LogP) is 4.80. The smallest absolute Gasteiger partial charge is 0.348 e. The molecule has 147 valence electrons. The highest BCUT2D eigenvalue weighted by Crippen LogP contribution is 2.39. The van der Waals surface area contributed by atoms with Crippen LogP contribution in [0.15, 0.2) is 4.99 Å². The molecule has 0 aromatic heterocycles. The molecule has 2 fully saturated rings. The second kappa shape index (κ2) is 9.66. The van der Waals surface area contributed by atoms with Crippen LogP contribution in [0.25, 0.3) is 0 Å². The molecule has 0 unspecified atom stereocenters. The summed E-state index contributed by atoms with van der Waals surface area (Å²) in [5.41, 5.74) is 0.363. The zero-order valence-electron chi connectivity index (χ0n) is 16.8. The number of hydrogen-bond donors (Lipinski definition) is 0. The van der Waals surface area contributed by atoms with E-state index >= 15 is 0 Å². The van der Waals surface area contributed by atoms with Crippen LogP contribution in [0.4, 0.5) is 0 Å². The summed E-state index contributed by atoms with van der Waals surface area (Å²) in [7, 11) is 0. The summed E-state index contributed by atoms with van der Waals surface area (Å²) in [6.07, 6.45) is 11.1. The van der Waals surface area contributed by atoms with E-state index in [2.05, 4.69) is 32.7 Å². The van der Waals surface area contributed by atoms with Crippen molar-refractivity contribution in [2.24, 2.45) is 28.2 Å². The van der Waals surface area contributed by atoms with Crippen molar-refractivity contribution in [3.8, 4) is 0 Å². The number of carbonyl (C=O) groups is 2. The molecule has 4 nitrogen and oxygen atoms in total. The topological polar surface area (TPSA) is 55.7 Å². The highest BCUT2D eigenvalue weighted by Gasteiger charge is 2.30. The standard InChI is InChI=1S/C22H36NO3/c1-16(21(25)18-8-6-5-7-9-18)23-14-20(24)26-15-17-10-12-19(13-11-17)22(2,3)4/h14,16-19H,1,5-13,15H2,2-4H3/t16-,17?,19?/m0/s1. The van der Waals surface area contributed by atoms with E-state index in [9.17, 15) is 9.59 Å². The van der Waals surface area contributed by atoms with Gasteiger partial charge in [0.05, 0.1) is 6.61 Å². The van der Waals surface area contributed by atoms with Crippen LogP contribution in [0.2, 0.25) is 0 Å². The van der Waals surface area contributed by atoms with Crippen molar-refractivity contribution in [2.45, 2.75) is 84.6 Å². The third-order valence-electron chi connectivity index (χ3n) is 6.23. The molecular formula is C22H36NO3. The van der Waals surface area contributed by atoms with Crippen molar-refractivity contribution in [1.82, 2.24) is 0 Å². The van der Waals surface area contributed by atoms with Crippen LogP contribution in [0.3, 0.4) is 0 Å². The molecule has 2 rings (SSSR count). The van der Waals surface area contributed by atoms with Gasteiger partial charge in [0.25, 0.3) is 0 Å². The van der Waals surface area contributed by atoms with E-state index in [0.717, 1.165) is 50.7 Å². The molecule has 0 aliphatic heterocycles. The van der Waals surface area contributed by atoms with Gasteiger partial charge in [0.1, 0.15) is 12.3 Å². The van der Waals surface area contributed by atoms with Gasteiger partial charge in [0, 0.05) is 5.92 Å². The minimum absolute atomic E-state index is 0.0641. The lowest BCUT2D eigenvalue weighted by Crippen LogP contribution is -2.28. The summed E-state index contributed by atoms with van der Waals surface area (Å²) >= 11 is 0. The molecule has 0 aromatic rings. The molecule has 0 heterocycles. The van der Waals surface area contributed by atoms with Gasteiger partial charge < -0.3 is 4.74 Å². The van der Waals surface area contributed by atoms with Crippen molar-refractivity contribution in [1.29, 1.82) is 0 Å². The highest BCUT2D eigenvalue weighted by molar-refractivity contribution is 6.23. The van der Waals surface area contributed by atoms with Crippen LogP contribution in [0.1, 0.15) is 78.6 Å². The van der Waals surface area contributed by atoms with Crippen LogP contribution in [0, 0.1) is 30.1 Å². The van der Waals surface area contributed by atoms with E-state index in [1.807, 2.05) is 0 Å². The van der Waals surface area contributed by atoms with Crippen molar-refractivity contribution in [3.63, 3.8) is 0 Å². The average Bonchev–Trinajstić information content (AvgIpc) is 2.64. The number of nitrogens with zero attached hydrogens (tertiary/aromatic N) is 1. The Labute approximate surface area is 159 Å². The molecule has 2 saturated carbocycles. The van der Waals surface area contributed by atoms with Crippen LogP contribution in [0.5, 0.6) is 0 Å². The first kappa shape index (κ1) is 21.1. The first-order chi connectivity index (χ1) is 12.3. The SMILES string of the molecule is [CH2][C@H](N=CC(=O)OCC1CCC(C(C)(C)C)CC1)C(=O)C1CCCCC1. The van der Waals surface area contributed by atoms with Gasteiger partial charge in [0.15, 0.2) is 5.78 Å².